The van der Waals surface area contributed by atoms with Gasteiger partial charge in [0, 0.05) is 41.9 Å². The van der Waals surface area contributed by atoms with Crippen LogP contribution in [0.15, 0.2) is 30.7 Å². The van der Waals surface area contributed by atoms with E-state index >= 15 is 0 Å². The van der Waals surface area contributed by atoms with Crippen molar-refractivity contribution in [2.75, 3.05) is 13.6 Å². The van der Waals surface area contributed by atoms with E-state index in [4.69, 9.17) is 0 Å². The van der Waals surface area contributed by atoms with Crippen LogP contribution in [-0.2, 0) is 19.5 Å². The first-order valence-electron chi connectivity index (χ1n) is 7.73. The zero-order valence-electron chi connectivity index (χ0n) is 13.2. The van der Waals surface area contributed by atoms with Gasteiger partial charge in [-0.25, -0.2) is 9.67 Å². The standard InChI is InChI=1S/C16H17N5OS2/c1-20(10-12-8-18-16(23-12)21-6-2-4-19-21)15(22)13-7-11-3-5-17-9-14(11)24-13/h2,4,6-8,17H,3,5,9-10H2,1H3. The third-order valence-corrected chi connectivity index (χ3v) is 6.08. The van der Waals surface area contributed by atoms with Crippen molar-refractivity contribution in [3.05, 3.63) is 50.9 Å². The average Bonchev–Trinajstić information content (AvgIpc) is 3.32. The lowest BCUT2D eigenvalue weighted by Crippen LogP contribution is -2.25. The molecule has 3 aromatic rings. The van der Waals surface area contributed by atoms with Gasteiger partial charge in [0.25, 0.3) is 5.91 Å². The highest BCUT2D eigenvalue weighted by atomic mass is 32.1. The zero-order chi connectivity index (χ0) is 16.5. The lowest BCUT2D eigenvalue weighted by Gasteiger charge is -2.14. The molecule has 0 spiro atoms. The Balaban J connectivity index is 1.46. The van der Waals surface area contributed by atoms with Gasteiger partial charge in [-0.2, -0.15) is 5.10 Å². The van der Waals surface area contributed by atoms with Crippen molar-refractivity contribution in [2.24, 2.45) is 0 Å². The molecule has 0 fully saturated rings. The molecule has 3 aromatic heterocycles. The first kappa shape index (κ1) is 15.5. The van der Waals surface area contributed by atoms with Gasteiger partial charge in [-0.3, -0.25) is 4.79 Å². The summed E-state index contributed by atoms with van der Waals surface area (Å²) >= 11 is 3.15. The largest absolute Gasteiger partial charge is 0.336 e. The van der Waals surface area contributed by atoms with Crippen molar-refractivity contribution < 1.29 is 4.79 Å². The number of thiophene rings is 1. The van der Waals surface area contributed by atoms with Gasteiger partial charge in [0.15, 0.2) is 0 Å². The molecule has 4 heterocycles. The molecule has 1 amide bonds. The minimum atomic E-state index is 0.0726. The third kappa shape index (κ3) is 3.00. The molecule has 0 unspecified atom stereocenters. The normalized spacial score (nSPS) is 13.7. The molecule has 0 atom stereocenters. The van der Waals surface area contributed by atoms with E-state index in [1.807, 2.05) is 25.5 Å². The molecule has 0 radical (unpaired) electrons. The molecule has 1 N–H and O–H groups in total. The number of thiazole rings is 1. The Hall–Kier alpha value is -2.03. The van der Waals surface area contributed by atoms with E-state index in [9.17, 15) is 4.79 Å². The Morgan fingerprint density at radius 2 is 2.38 bits per heavy atom. The summed E-state index contributed by atoms with van der Waals surface area (Å²) in [6.07, 6.45) is 6.41. The lowest BCUT2D eigenvalue weighted by molar-refractivity contribution is 0.0791. The summed E-state index contributed by atoms with van der Waals surface area (Å²) in [5.74, 6) is 0.0726. The molecule has 4 rings (SSSR count). The van der Waals surface area contributed by atoms with Gasteiger partial charge in [0.1, 0.15) is 0 Å². The second-order valence-electron chi connectivity index (χ2n) is 5.71. The summed E-state index contributed by atoms with van der Waals surface area (Å²) in [5, 5.41) is 8.34. The third-order valence-electron chi connectivity index (χ3n) is 3.95. The van der Waals surface area contributed by atoms with Crippen molar-refractivity contribution in [3.8, 4) is 5.13 Å². The molecule has 24 heavy (non-hydrogen) atoms. The number of hydrogen-bond acceptors (Lipinski definition) is 6. The molecule has 0 saturated heterocycles. The van der Waals surface area contributed by atoms with E-state index in [1.165, 1.54) is 10.4 Å². The maximum Gasteiger partial charge on any atom is 0.264 e. The van der Waals surface area contributed by atoms with Crippen LogP contribution in [-0.4, -0.2) is 39.2 Å². The lowest BCUT2D eigenvalue weighted by atomic mass is 10.1. The van der Waals surface area contributed by atoms with Crippen LogP contribution in [0.3, 0.4) is 0 Å². The molecule has 0 aliphatic carbocycles. The minimum absolute atomic E-state index is 0.0726. The highest BCUT2D eigenvalue weighted by Crippen LogP contribution is 2.27. The van der Waals surface area contributed by atoms with Crippen molar-refractivity contribution >= 4 is 28.6 Å². The van der Waals surface area contributed by atoms with Gasteiger partial charge in [-0.1, -0.05) is 11.3 Å². The number of amides is 1. The molecule has 0 saturated carbocycles. The fraction of sp³-hybridized carbons (Fsp3) is 0.312. The van der Waals surface area contributed by atoms with Crippen LogP contribution < -0.4 is 5.32 Å². The summed E-state index contributed by atoms with van der Waals surface area (Å²) in [7, 11) is 1.84. The number of nitrogens with one attached hydrogen (secondary N) is 1. The van der Waals surface area contributed by atoms with E-state index in [1.54, 1.807) is 38.5 Å². The Labute approximate surface area is 147 Å². The highest BCUT2D eigenvalue weighted by molar-refractivity contribution is 7.14. The average molecular weight is 359 g/mol. The minimum Gasteiger partial charge on any atom is -0.336 e. The van der Waals surface area contributed by atoms with Crippen LogP contribution in [0.5, 0.6) is 0 Å². The molecule has 8 heteroatoms. The van der Waals surface area contributed by atoms with E-state index in [-0.39, 0.29) is 5.91 Å². The van der Waals surface area contributed by atoms with E-state index in [2.05, 4.69) is 21.5 Å². The summed E-state index contributed by atoms with van der Waals surface area (Å²) in [6.45, 7) is 2.42. The van der Waals surface area contributed by atoms with Crippen LogP contribution in [0.4, 0.5) is 0 Å². The number of fused-ring (bicyclic) bond motifs is 1. The van der Waals surface area contributed by atoms with E-state index in [0.717, 1.165) is 34.4 Å². The monoisotopic (exact) mass is 359 g/mol. The van der Waals surface area contributed by atoms with Crippen LogP contribution in [0, 0.1) is 0 Å². The smallest absolute Gasteiger partial charge is 0.264 e. The van der Waals surface area contributed by atoms with Gasteiger partial charge < -0.3 is 10.2 Å². The summed E-state index contributed by atoms with van der Waals surface area (Å²) in [6, 6.07) is 3.92. The molecule has 0 bridgehead atoms. The first-order chi connectivity index (χ1) is 11.7. The second kappa shape index (κ2) is 6.46. The number of hydrogen-bond donors (Lipinski definition) is 1. The van der Waals surface area contributed by atoms with Crippen LogP contribution in [0.25, 0.3) is 5.13 Å². The second-order valence-corrected chi connectivity index (χ2v) is 7.94. The summed E-state index contributed by atoms with van der Waals surface area (Å²) in [4.78, 5) is 22.0. The number of carbonyl (C=O) groups excluding carboxylic acids is 1. The summed E-state index contributed by atoms with van der Waals surface area (Å²) in [5.41, 5.74) is 1.31. The van der Waals surface area contributed by atoms with Gasteiger partial charge >= 0.3 is 0 Å². The van der Waals surface area contributed by atoms with Crippen LogP contribution >= 0.6 is 22.7 Å². The zero-order valence-corrected chi connectivity index (χ0v) is 14.9. The first-order valence-corrected chi connectivity index (χ1v) is 9.36. The van der Waals surface area contributed by atoms with Crippen LogP contribution in [0.1, 0.15) is 25.0 Å². The number of aromatic nitrogens is 3. The van der Waals surface area contributed by atoms with Gasteiger partial charge in [-0.15, -0.1) is 11.3 Å². The molecule has 0 aromatic carbocycles. The molecular formula is C16H17N5OS2. The maximum atomic E-state index is 12.7. The Bertz CT molecular complexity index is 828. The Morgan fingerprint density at radius 1 is 1.46 bits per heavy atom. The highest BCUT2D eigenvalue weighted by Gasteiger charge is 2.20. The Morgan fingerprint density at radius 3 is 3.17 bits per heavy atom. The fourth-order valence-electron chi connectivity index (χ4n) is 2.71. The van der Waals surface area contributed by atoms with E-state index in [0.29, 0.717) is 6.54 Å². The number of carbonyl (C=O) groups is 1. The van der Waals surface area contributed by atoms with Crippen molar-refractivity contribution in [1.29, 1.82) is 0 Å². The van der Waals surface area contributed by atoms with E-state index < -0.39 is 0 Å². The number of nitrogens with zero attached hydrogens (tertiary/aromatic N) is 4. The molecule has 6 nitrogen and oxygen atoms in total. The van der Waals surface area contributed by atoms with Gasteiger partial charge in [0.05, 0.1) is 11.4 Å². The predicted octanol–water partition coefficient (Wildman–Crippen LogP) is 2.31. The summed E-state index contributed by atoms with van der Waals surface area (Å²) < 4.78 is 1.73. The predicted molar refractivity (Wildman–Crippen MR) is 94.8 cm³/mol. The maximum absolute atomic E-state index is 12.7. The SMILES string of the molecule is CN(Cc1cnc(-n2cccn2)s1)C(=O)c1cc2c(s1)CNCC2. The Kier molecular flexibility index (Phi) is 4.17. The quantitative estimate of drug-likeness (QED) is 0.776. The molecular weight excluding hydrogens is 342 g/mol. The van der Waals surface area contributed by atoms with Gasteiger partial charge in [-0.05, 0) is 30.7 Å². The van der Waals surface area contributed by atoms with Crippen LogP contribution in [0.2, 0.25) is 0 Å². The van der Waals surface area contributed by atoms with Crippen molar-refractivity contribution in [1.82, 2.24) is 25.0 Å². The van der Waals surface area contributed by atoms with Crippen molar-refractivity contribution in [2.45, 2.75) is 19.5 Å². The molecule has 1 aliphatic rings. The number of rotatable bonds is 4. The topological polar surface area (TPSA) is 63.1 Å². The van der Waals surface area contributed by atoms with Crippen molar-refractivity contribution in [3.63, 3.8) is 0 Å². The fourth-order valence-corrected chi connectivity index (χ4v) is 4.79. The molecule has 124 valence electrons. The molecule has 1 aliphatic heterocycles. The van der Waals surface area contributed by atoms with Gasteiger partial charge in [0.2, 0.25) is 5.13 Å².